The van der Waals surface area contributed by atoms with Crippen molar-refractivity contribution in [3.63, 3.8) is 0 Å². The first-order valence-corrected chi connectivity index (χ1v) is 0.493. The molecule has 0 saturated carbocycles. The second-order valence-corrected chi connectivity index (χ2v) is 0.118. The molecule has 0 aromatic rings. The van der Waals surface area contributed by atoms with Crippen LogP contribution in [0.1, 0.15) is 0 Å². The normalized spacial score (nSPS) is 3.00. The predicted octanol–water partition coefficient (Wildman–Crippen LogP) is -3.98. The van der Waals surface area contributed by atoms with E-state index in [1.807, 2.05) is 0 Å². The minimum absolute atomic E-state index is 0. The third kappa shape index (κ3) is 518. The van der Waals surface area contributed by atoms with E-state index in [0.29, 0.717) is 0 Å². The van der Waals surface area contributed by atoms with Gasteiger partial charge in [-0.1, -0.05) is 0 Å². The maximum Gasteiger partial charge on any atom is 1.00 e. The van der Waals surface area contributed by atoms with E-state index in [2.05, 4.69) is 5.73 Å². The number of primary amides is 1. The molecule has 1 amide bonds. The van der Waals surface area contributed by atoms with Gasteiger partial charge in [-0.05, 0) is 0 Å². The second-order valence-electron chi connectivity index (χ2n) is 0.118. The van der Waals surface area contributed by atoms with Crippen molar-refractivity contribution >= 4 is 6.41 Å². The largest absolute Gasteiger partial charge is 1.00 e. The van der Waals surface area contributed by atoms with E-state index >= 15 is 0 Å². The molecule has 0 radical (unpaired) electrons. The summed E-state index contributed by atoms with van der Waals surface area (Å²) in [6, 6.07) is 0. The van der Waals surface area contributed by atoms with Gasteiger partial charge in [0.1, 0.15) is 0 Å². The van der Waals surface area contributed by atoms with Crippen molar-refractivity contribution in [1.82, 2.24) is 0 Å². The SMILES string of the molecule is N[C-]=O.[Li+]. The average Bonchev–Trinajstić information content (AvgIpc) is 0.918. The molecule has 4 heavy (non-hydrogen) atoms. The van der Waals surface area contributed by atoms with E-state index in [-0.39, 0.29) is 18.9 Å². The zero-order chi connectivity index (χ0) is 2.71. The van der Waals surface area contributed by atoms with Gasteiger partial charge in [0.25, 0.3) is 0 Å². The van der Waals surface area contributed by atoms with E-state index in [4.69, 9.17) is 4.79 Å². The van der Waals surface area contributed by atoms with Gasteiger partial charge in [-0.3, -0.25) is 0 Å². The van der Waals surface area contributed by atoms with Gasteiger partial charge in [-0.2, -0.15) is 6.41 Å². The summed E-state index contributed by atoms with van der Waals surface area (Å²) in [5, 5.41) is 0. The second kappa shape index (κ2) is 11.5. The molecule has 0 heterocycles. The summed E-state index contributed by atoms with van der Waals surface area (Å²) in [5.74, 6) is 0. The molecule has 2 nitrogen and oxygen atoms in total. The zero-order valence-electron chi connectivity index (χ0n) is 2.49. The Balaban J connectivity index is 0. The molecule has 0 aromatic carbocycles. The molecule has 0 bridgehead atoms. The maximum absolute atomic E-state index is 8.46. The van der Waals surface area contributed by atoms with E-state index in [1.54, 1.807) is 0 Å². The van der Waals surface area contributed by atoms with Crippen LogP contribution in [0.2, 0.25) is 0 Å². The van der Waals surface area contributed by atoms with Gasteiger partial charge in [0, 0.05) is 0 Å². The molecule has 0 aromatic heterocycles. The number of hydrogen-bond acceptors (Lipinski definition) is 1. The molecule has 0 spiro atoms. The van der Waals surface area contributed by atoms with Gasteiger partial charge < -0.3 is 10.5 Å². The van der Waals surface area contributed by atoms with Crippen molar-refractivity contribution < 1.29 is 23.7 Å². The summed E-state index contributed by atoms with van der Waals surface area (Å²) in [4.78, 5) is 8.46. The maximum atomic E-state index is 8.46. The first-order chi connectivity index (χ1) is 1.41. The van der Waals surface area contributed by atoms with Crippen LogP contribution in [-0.4, -0.2) is 6.41 Å². The Bertz CT molecular complexity index is 15.5. The first kappa shape index (κ1) is 8.95. The van der Waals surface area contributed by atoms with Gasteiger partial charge in [-0.25, -0.2) is 0 Å². The van der Waals surface area contributed by atoms with Crippen LogP contribution in [0.15, 0.2) is 0 Å². The van der Waals surface area contributed by atoms with Crippen molar-refractivity contribution in [3.05, 3.63) is 0 Å². The standard InChI is InChI=1S/CH2NO.Li/c2-1-3;/h(H2,2,3);/q-1;+1. The van der Waals surface area contributed by atoms with Crippen molar-refractivity contribution in [1.29, 1.82) is 0 Å². The fourth-order valence-electron chi connectivity index (χ4n) is 0. The Morgan fingerprint density at radius 2 is 1.75 bits per heavy atom. The quantitative estimate of drug-likeness (QED) is 0.170. The number of hydrogen-bond donors (Lipinski definition) is 1. The van der Waals surface area contributed by atoms with E-state index in [9.17, 15) is 0 Å². The van der Waals surface area contributed by atoms with E-state index < -0.39 is 0 Å². The van der Waals surface area contributed by atoms with Crippen LogP contribution in [0.25, 0.3) is 0 Å². The molecule has 3 heteroatoms. The Hall–Kier alpha value is 0.0674. The summed E-state index contributed by atoms with van der Waals surface area (Å²) >= 11 is 0. The van der Waals surface area contributed by atoms with Gasteiger partial charge >= 0.3 is 18.9 Å². The summed E-state index contributed by atoms with van der Waals surface area (Å²) in [7, 11) is 0. The van der Waals surface area contributed by atoms with Crippen molar-refractivity contribution in [3.8, 4) is 0 Å². The molecule has 0 aliphatic rings. The molecule has 0 fully saturated rings. The Morgan fingerprint density at radius 1 is 1.75 bits per heavy atom. The van der Waals surface area contributed by atoms with Crippen LogP contribution >= 0.6 is 0 Å². The summed E-state index contributed by atoms with van der Waals surface area (Å²) in [5.41, 5.74) is 4.04. The molecule has 0 atom stereocenters. The van der Waals surface area contributed by atoms with Crippen LogP contribution in [0.5, 0.6) is 0 Å². The van der Waals surface area contributed by atoms with Crippen molar-refractivity contribution in [2.75, 3.05) is 0 Å². The minimum atomic E-state index is 0. The third-order valence-electron chi connectivity index (χ3n) is 0. The van der Waals surface area contributed by atoms with Crippen LogP contribution in [0.3, 0.4) is 0 Å². The van der Waals surface area contributed by atoms with Crippen LogP contribution in [-0.2, 0) is 4.79 Å². The minimum Gasteiger partial charge on any atom is -0.543 e. The van der Waals surface area contributed by atoms with Gasteiger partial charge in [0.2, 0.25) is 0 Å². The molecular weight excluding hydrogens is 49.0 g/mol. The Kier molecular flexibility index (Phi) is 25.8. The number of rotatable bonds is 0. The summed E-state index contributed by atoms with van der Waals surface area (Å²) in [6.45, 7) is 0. The summed E-state index contributed by atoms with van der Waals surface area (Å²) in [6.07, 6.45) is 1.00. The first-order valence-electron chi connectivity index (χ1n) is 0.493. The number of nitrogens with two attached hydrogens (primary N) is 1. The topological polar surface area (TPSA) is 43.1 Å². The fraction of sp³-hybridized carbons (Fsp3) is 0. The molecule has 0 unspecified atom stereocenters. The predicted molar refractivity (Wildman–Crippen MR) is 9.88 cm³/mol. The average molecular weight is 51.0 g/mol. The van der Waals surface area contributed by atoms with Gasteiger partial charge in [-0.15, -0.1) is 0 Å². The van der Waals surface area contributed by atoms with Crippen molar-refractivity contribution in [2.24, 2.45) is 5.73 Å². The molecular formula is CH2LiNO. The van der Waals surface area contributed by atoms with E-state index in [1.165, 1.54) is 0 Å². The molecule has 0 aliphatic carbocycles. The summed E-state index contributed by atoms with van der Waals surface area (Å²) < 4.78 is 0. The number of carbonyl (C=O) groups excluding carboxylic acids is 1. The Morgan fingerprint density at radius 3 is 1.75 bits per heavy atom. The Labute approximate surface area is 36.5 Å². The van der Waals surface area contributed by atoms with Gasteiger partial charge in [0.05, 0.1) is 0 Å². The molecule has 0 aliphatic heterocycles. The monoisotopic (exact) mass is 51.0 g/mol. The smallest absolute Gasteiger partial charge is 0.543 e. The molecule has 0 saturated heterocycles. The number of amides is 1. The molecule has 18 valence electrons. The van der Waals surface area contributed by atoms with Gasteiger partial charge in [0.15, 0.2) is 0 Å². The fourth-order valence-corrected chi connectivity index (χ4v) is 0. The van der Waals surface area contributed by atoms with Crippen molar-refractivity contribution in [2.45, 2.75) is 0 Å². The van der Waals surface area contributed by atoms with Crippen LogP contribution in [0, 0.1) is 0 Å². The third-order valence-corrected chi connectivity index (χ3v) is 0. The van der Waals surface area contributed by atoms with Crippen LogP contribution in [0.4, 0.5) is 0 Å². The molecule has 0 rings (SSSR count). The van der Waals surface area contributed by atoms with Crippen LogP contribution < -0.4 is 24.6 Å². The van der Waals surface area contributed by atoms with E-state index in [0.717, 1.165) is 6.41 Å². The zero-order valence-corrected chi connectivity index (χ0v) is 2.49. The molecule has 2 N–H and O–H groups in total.